The zero-order valence-electron chi connectivity index (χ0n) is 19.3. The van der Waals surface area contributed by atoms with Crippen LogP contribution in [0.1, 0.15) is 35.3 Å². The average molecular weight is 482 g/mol. The molecule has 0 spiro atoms. The van der Waals surface area contributed by atoms with Gasteiger partial charge in [0, 0.05) is 56.5 Å². The number of carbonyl (C=O) groups is 1. The topological polar surface area (TPSA) is 73.9 Å². The number of rotatable bonds is 5. The van der Waals surface area contributed by atoms with E-state index >= 15 is 0 Å². The minimum absolute atomic E-state index is 0.0224. The van der Waals surface area contributed by atoms with Gasteiger partial charge in [-0.05, 0) is 38.2 Å². The van der Waals surface area contributed by atoms with E-state index in [2.05, 4.69) is 14.7 Å². The summed E-state index contributed by atoms with van der Waals surface area (Å²) in [5.41, 5.74) is 1.85. The number of hydrogen-bond donors (Lipinski definition) is 1. The van der Waals surface area contributed by atoms with E-state index in [9.17, 15) is 18.0 Å². The highest BCUT2D eigenvalue weighted by atomic mass is 19.4. The molecule has 4 rings (SSSR count). The fourth-order valence-electron chi connectivity index (χ4n) is 4.60. The third-order valence-electron chi connectivity index (χ3n) is 6.11. The van der Waals surface area contributed by atoms with Gasteiger partial charge < -0.3 is 29.2 Å². The maximum Gasteiger partial charge on any atom is 0.573 e. The van der Waals surface area contributed by atoms with Crippen LogP contribution in [0.4, 0.5) is 18.0 Å². The summed E-state index contributed by atoms with van der Waals surface area (Å²) < 4.78 is 47.0. The Morgan fingerprint density at radius 3 is 2.47 bits per heavy atom. The van der Waals surface area contributed by atoms with E-state index in [-0.39, 0.29) is 23.6 Å². The van der Waals surface area contributed by atoms with Gasteiger partial charge >= 0.3 is 12.4 Å². The number of ether oxygens (including phenoxy) is 2. The molecule has 1 N–H and O–H groups in total. The van der Waals surface area contributed by atoms with Crippen molar-refractivity contribution in [3.05, 3.63) is 47.5 Å². The molecule has 2 aromatic rings. The Labute approximate surface area is 196 Å². The Morgan fingerprint density at radius 2 is 1.82 bits per heavy atom. The van der Waals surface area contributed by atoms with E-state index in [0.717, 1.165) is 30.0 Å². The standard InChI is InChI=1S/C23H30F3N5O3/c1-29(2)15-19-12-27-21(28-19)18-11-17(16-3-5-20(6-4-16)34-23(24,25)26)13-31(14-18)22(32)30-7-9-33-10-8-30/h3-6,12,17-18H,7-11,13-15H2,1-2H3,(H,27,28). The van der Waals surface area contributed by atoms with Crippen molar-refractivity contribution < 1.29 is 27.4 Å². The van der Waals surface area contributed by atoms with E-state index in [4.69, 9.17) is 4.74 Å². The largest absolute Gasteiger partial charge is 0.573 e. The normalized spacial score (nSPS) is 21.7. The summed E-state index contributed by atoms with van der Waals surface area (Å²) in [5.74, 6) is 0.486. The van der Waals surface area contributed by atoms with Crippen molar-refractivity contribution in [2.45, 2.75) is 31.2 Å². The number of alkyl halides is 3. The van der Waals surface area contributed by atoms with Crippen LogP contribution in [-0.2, 0) is 11.3 Å². The van der Waals surface area contributed by atoms with Crippen molar-refractivity contribution >= 4 is 6.03 Å². The Balaban J connectivity index is 1.55. The molecular weight excluding hydrogens is 451 g/mol. The number of H-pyrrole nitrogens is 1. The van der Waals surface area contributed by atoms with Crippen molar-refractivity contribution in [1.82, 2.24) is 24.7 Å². The lowest BCUT2D eigenvalue weighted by Crippen LogP contribution is -2.52. The van der Waals surface area contributed by atoms with E-state index in [0.29, 0.717) is 39.4 Å². The monoisotopic (exact) mass is 481 g/mol. The third-order valence-corrected chi connectivity index (χ3v) is 6.11. The van der Waals surface area contributed by atoms with Crippen molar-refractivity contribution in [2.75, 3.05) is 53.5 Å². The number of piperidine rings is 1. The lowest BCUT2D eigenvalue weighted by Gasteiger charge is -2.40. The van der Waals surface area contributed by atoms with Crippen LogP contribution in [0.15, 0.2) is 30.5 Å². The van der Waals surface area contributed by atoms with Crippen LogP contribution in [0.25, 0.3) is 0 Å². The second kappa shape index (κ2) is 10.2. The van der Waals surface area contributed by atoms with Gasteiger partial charge in [-0.2, -0.15) is 0 Å². The molecule has 8 nitrogen and oxygen atoms in total. The maximum atomic E-state index is 13.3. The van der Waals surface area contributed by atoms with E-state index in [1.807, 2.05) is 30.1 Å². The van der Waals surface area contributed by atoms with Crippen molar-refractivity contribution in [1.29, 1.82) is 0 Å². The lowest BCUT2D eigenvalue weighted by atomic mass is 9.84. The molecule has 1 aromatic heterocycles. The number of morpholine rings is 1. The molecule has 2 saturated heterocycles. The highest BCUT2D eigenvalue weighted by Crippen LogP contribution is 2.36. The van der Waals surface area contributed by atoms with Crippen molar-refractivity contribution in [3.63, 3.8) is 0 Å². The zero-order valence-corrected chi connectivity index (χ0v) is 19.3. The van der Waals surface area contributed by atoms with Crippen LogP contribution in [0.5, 0.6) is 5.75 Å². The second-order valence-corrected chi connectivity index (χ2v) is 9.06. The molecule has 0 aliphatic carbocycles. The summed E-state index contributed by atoms with van der Waals surface area (Å²) in [7, 11) is 3.96. The summed E-state index contributed by atoms with van der Waals surface area (Å²) in [5, 5.41) is 0. The quantitative estimate of drug-likeness (QED) is 0.709. The predicted molar refractivity (Wildman–Crippen MR) is 119 cm³/mol. The molecule has 2 fully saturated rings. The van der Waals surface area contributed by atoms with Gasteiger partial charge in [-0.1, -0.05) is 12.1 Å². The Bertz CT molecular complexity index is 958. The first-order chi connectivity index (χ1) is 16.2. The fourth-order valence-corrected chi connectivity index (χ4v) is 4.60. The summed E-state index contributed by atoms with van der Waals surface area (Å²) >= 11 is 0. The van der Waals surface area contributed by atoms with E-state index < -0.39 is 6.36 Å². The number of carbonyl (C=O) groups excluding carboxylic acids is 1. The molecule has 2 aliphatic rings. The van der Waals surface area contributed by atoms with Crippen LogP contribution in [0, 0.1) is 0 Å². The summed E-state index contributed by atoms with van der Waals surface area (Å²) in [6.07, 6.45) is -2.19. The fraction of sp³-hybridized carbons (Fsp3) is 0.565. The number of aromatic amines is 1. The van der Waals surface area contributed by atoms with Gasteiger partial charge in [0.05, 0.1) is 13.2 Å². The van der Waals surface area contributed by atoms with Crippen LogP contribution in [0.2, 0.25) is 0 Å². The molecular formula is C23H30F3N5O3. The maximum absolute atomic E-state index is 13.3. The lowest BCUT2D eigenvalue weighted by molar-refractivity contribution is -0.274. The predicted octanol–water partition coefficient (Wildman–Crippen LogP) is 3.40. The molecule has 0 radical (unpaired) electrons. The zero-order chi connectivity index (χ0) is 24.3. The average Bonchev–Trinajstić information content (AvgIpc) is 3.26. The molecule has 2 unspecified atom stereocenters. The SMILES string of the molecule is CN(C)Cc1cnc(C2CC(c3ccc(OC(F)(F)F)cc3)CN(C(=O)N3CCOCC3)C2)[nH]1. The molecule has 2 amide bonds. The number of benzene rings is 1. The molecule has 11 heteroatoms. The van der Waals surface area contributed by atoms with Crippen LogP contribution < -0.4 is 4.74 Å². The number of nitrogens with zero attached hydrogens (tertiary/aromatic N) is 4. The minimum Gasteiger partial charge on any atom is -0.406 e. The van der Waals surface area contributed by atoms with Crippen molar-refractivity contribution in [2.24, 2.45) is 0 Å². The van der Waals surface area contributed by atoms with E-state index in [1.165, 1.54) is 12.1 Å². The Morgan fingerprint density at radius 1 is 1.15 bits per heavy atom. The van der Waals surface area contributed by atoms with E-state index in [1.54, 1.807) is 17.0 Å². The molecule has 3 heterocycles. The number of hydrogen-bond acceptors (Lipinski definition) is 5. The summed E-state index contributed by atoms with van der Waals surface area (Å²) in [4.78, 5) is 26.9. The van der Waals surface area contributed by atoms with Gasteiger partial charge in [0.15, 0.2) is 0 Å². The number of halogens is 3. The highest BCUT2D eigenvalue weighted by molar-refractivity contribution is 5.75. The third kappa shape index (κ3) is 6.20. The van der Waals surface area contributed by atoms with Crippen LogP contribution >= 0.6 is 0 Å². The molecule has 1 aromatic carbocycles. The number of amides is 2. The van der Waals surface area contributed by atoms with Crippen LogP contribution in [-0.4, -0.2) is 90.5 Å². The van der Waals surface area contributed by atoms with Gasteiger partial charge in [-0.25, -0.2) is 9.78 Å². The Hall–Kier alpha value is -2.79. The summed E-state index contributed by atoms with van der Waals surface area (Å²) in [6.45, 7) is 3.84. The number of imidazole rings is 1. The van der Waals surface area contributed by atoms with Crippen LogP contribution in [0.3, 0.4) is 0 Å². The van der Waals surface area contributed by atoms with Gasteiger partial charge in [0.1, 0.15) is 11.6 Å². The number of urea groups is 1. The molecule has 0 bridgehead atoms. The first-order valence-electron chi connectivity index (χ1n) is 11.3. The molecule has 0 saturated carbocycles. The van der Waals surface area contributed by atoms with Gasteiger partial charge in [-0.15, -0.1) is 13.2 Å². The van der Waals surface area contributed by atoms with Gasteiger partial charge in [-0.3, -0.25) is 0 Å². The summed E-state index contributed by atoms with van der Waals surface area (Å²) in [6, 6.07) is 5.89. The first-order valence-corrected chi connectivity index (χ1v) is 11.3. The number of likely N-dealkylation sites (tertiary alicyclic amines) is 1. The molecule has 2 aliphatic heterocycles. The minimum atomic E-state index is -4.73. The second-order valence-electron chi connectivity index (χ2n) is 9.06. The van der Waals surface area contributed by atoms with Gasteiger partial charge in [0.2, 0.25) is 0 Å². The van der Waals surface area contributed by atoms with Crippen molar-refractivity contribution in [3.8, 4) is 5.75 Å². The molecule has 34 heavy (non-hydrogen) atoms. The molecule has 186 valence electrons. The molecule has 2 atom stereocenters. The highest BCUT2D eigenvalue weighted by Gasteiger charge is 2.36. The number of nitrogens with one attached hydrogen (secondary N) is 1. The smallest absolute Gasteiger partial charge is 0.406 e. The van der Waals surface area contributed by atoms with Gasteiger partial charge in [0.25, 0.3) is 0 Å². The first kappa shape index (κ1) is 24.3. The Kier molecular flexibility index (Phi) is 7.32. The number of aromatic nitrogens is 2.